The Morgan fingerprint density at radius 3 is 2.50 bits per heavy atom. The Labute approximate surface area is 158 Å². The molecule has 140 valence electrons. The Bertz CT molecular complexity index is 1290. The van der Waals surface area contributed by atoms with Crippen LogP contribution >= 0.6 is 0 Å². The number of non-ortho nitro benzene ring substituents is 1. The minimum Gasteiger partial charge on any atom is -0.462 e. The summed E-state index contributed by atoms with van der Waals surface area (Å²) in [5, 5.41) is 12.5. The SMILES string of the molecule is CCOC(=O)c1ccc(-n2ccc3c([nH]c4c([N+](=O)[O-])cccc43)c2=O)cc1. The van der Waals surface area contributed by atoms with Gasteiger partial charge in [-0.15, -0.1) is 0 Å². The quantitative estimate of drug-likeness (QED) is 0.332. The molecule has 0 unspecified atom stereocenters. The van der Waals surface area contributed by atoms with Crippen LogP contribution in [0.15, 0.2) is 59.5 Å². The number of fused-ring (bicyclic) bond motifs is 3. The van der Waals surface area contributed by atoms with Crippen molar-refractivity contribution in [3.63, 3.8) is 0 Å². The topological polar surface area (TPSA) is 107 Å². The van der Waals surface area contributed by atoms with Gasteiger partial charge >= 0.3 is 5.97 Å². The highest BCUT2D eigenvalue weighted by atomic mass is 16.6. The molecular weight excluding hydrogens is 362 g/mol. The van der Waals surface area contributed by atoms with Crippen LogP contribution in [0, 0.1) is 10.1 Å². The largest absolute Gasteiger partial charge is 0.462 e. The van der Waals surface area contributed by atoms with Crippen LogP contribution in [-0.4, -0.2) is 27.1 Å². The van der Waals surface area contributed by atoms with Crippen molar-refractivity contribution in [2.24, 2.45) is 0 Å². The summed E-state index contributed by atoms with van der Waals surface area (Å²) in [5.74, 6) is -0.431. The number of aromatic nitrogens is 2. The fourth-order valence-electron chi connectivity index (χ4n) is 3.23. The molecular formula is C20H15N3O5. The van der Waals surface area contributed by atoms with E-state index in [2.05, 4.69) is 4.98 Å². The molecule has 2 heterocycles. The van der Waals surface area contributed by atoms with Gasteiger partial charge in [0.1, 0.15) is 11.0 Å². The molecule has 4 aromatic rings. The maximum absolute atomic E-state index is 13.0. The summed E-state index contributed by atoms with van der Waals surface area (Å²) in [7, 11) is 0. The molecule has 0 atom stereocenters. The molecule has 1 N–H and O–H groups in total. The predicted octanol–water partition coefficient (Wildman–Crippen LogP) is 3.56. The van der Waals surface area contributed by atoms with E-state index in [1.54, 1.807) is 55.6 Å². The number of hydrogen-bond acceptors (Lipinski definition) is 5. The van der Waals surface area contributed by atoms with E-state index in [1.807, 2.05) is 0 Å². The van der Waals surface area contributed by atoms with Gasteiger partial charge in [0.2, 0.25) is 0 Å². The number of pyridine rings is 1. The van der Waals surface area contributed by atoms with Gasteiger partial charge in [-0.25, -0.2) is 4.79 Å². The molecule has 0 spiro atoms. The average Bonchev–Trinajstić information content (AvgIpc) is 3.08. The first kappa shape index (κ1) is 17.5. The zero-order chi connectivity index (χ0) is 19.8. The van der Waals surface area contributed by atoms with Crippen molar-refractivity contribution in [3.8, 4) is 5.69 Å². The minimum atomic E-state index is -0.482. The molecule has 2 aromatic heterocycles. The van der Waals surface area contributed by atoms with Crippen molar-refractivity contribution in [2.75, 3.05) is 6.61 Å². The van der Waals surface area contributed by atoms with Crippen LogP contribution in [0.2, 0.25) is 0 Å². The lowest BCUT2D eigenvalue weighted by atomic mass is 10.1. The van der Waals surface area contributed by atoms with Crippen molar-refractivity contribution in [1.29, 1.82) is 0 Å². The van der Waals surface area contributed by atoms with Crippen LogP contribution in [0.5, 0.6) is 0 Å². The Balaban J connectivity index is 1.85. The zero-order valence-electron chi connectivity index (χ0n) is 14.8. The molecule has 8 nitrogen and oxygen atoms in total. The number of nitro groups is 1. The van der Waals surface area contributed by atoms with Gasteiger partial charge in [-0.3, -0.25) is 19.5 Å². The third-order valence-electron chi connectivity index (χ3n) is 4.53. The molecule has 0 radical (unpaired) electrons. The number of carbonyl (C=O) groups excluding carboxylic acids is 1. The number of esters is 1. The van der Waals surface area contributed by atoms with Crippen molar-refractivity contribution in [2.45, 2.75) is 6.92 Å². The number of nitrogens with one attached hydrogen (secondary N) is 1. The molecule has 2 aromatic carbocycles. The van der Waals surface area contributed by atoms with Gasteiger partial charge in [-0.1, -0.05) is 12.1 Å². The smallest absolute Gasteiger partial charge is 0.338 e. The standard InChI is InChI=1S/C20H15N3O5/c1-2-28-20(25)12-6-8-13(9-7-12)22-11-10-15-14-4-3-5-16(23(26)27)17(14)21-18(15)19(22)24/h3-11,21H,2H2,1H3. The van der Waals surface area contributed by atoms with Crippen LogP contribution in [-0.2, 0) is 4.74 Å². The Hall–Kier alpha value is -3.94. The molecule has 8 heteroatoms. The van der Waals surface area contributed by atoms with E-state index in [0.717, 1.165) is 0 Å². The normalized spacial score (nSPS) is 11.0. The monoisotopic (exact) mass is 377 g/mol. The third-order valence-corrected chi connectivity index (χ3v) is 4.53. The highest BCUT2D eigenvalue weighted by Crippen LogP contribution is 2.30. The van der Waals surface area contributed by atoms with Crippen LogP contribution in [0.25, 0.3) is 27.5 Å². The lowest BCUT2D eigenvalue weighted by molar-refractivity contribution is -0.383. The first-order valence-corrected chi connectivity index (χ1v) is 8.59. The van der Waals surface area contributed by atoms with Gasteiger partial charge in [-0.05, 0) is 37.3 Å². The van der Waals surface area contributed by atoms with E-state index >= 15 is 0 Å². The van der Waals surface area contributed by atoms with Crippen LogP contribution in [0.3, 0.4) is 0 Å². The number of H-pyrrole nitrogens is 1. The van der Waals surface area contributed by atoms with Crippen molar-refractivity contribution in [1.82, 2.24) is 9.55 Å². The van der Waals surface area contributed by atoms with Gasteiger partial charge in [0.05, 0.1) is 17.1 Å². The van der Waals surface area contributed by atoms with Gasteiger partial charge in [-0.2, -0.15) is 0 Å². The summed E-state index contributed by atoms with van der Waals surface area (Å²) < 4.78 is 6.37. The first-order valence-electron chi connectivity index (χ1n) is 8.59. The van der Waals surface area contributed by atoms with E-state index in [0.29, 0.717) is 27.5 Å². The Morgan fingerprint density at radius 2 is 1.82 bits per heavy atom. The number of nitro benzene ring substituents is 1. The summed E-state index contributed by atoms with van der Waals surface area (Å²) in [6, 6.07) is 12.9. The molecule has 0 fully saturated rings. The van der Waals surface area contributed by atoms with Gasteiger partial charge in [0, 0.05) is 28.7 Å². The summed E-state index contributed by atoms with van der Waals surface area (Å²) >= 11 is 0. The van der Waals surface area contributed by atoms with E-state index in [9.17, 15) is 19.7 Å². The molecule has 0 saturated heterocycles. The van der Waals surface area contributed by atoms with Crippen molar-refractivity contribution < 1.29 is 14.5 Å². The lowest BCUT2D eigenvalue weighted by Crippen LogP contribution is -2.17. The molecule has 0 saturated carbocycles. The molecule has 0 aliphatic rings. The highest BCUT2D eigenvalue weighted by molar-refractivity contribution is 6.09. The van der Waals surface area contributed by atoms with Gasteiger partial charge in [0.25, 0.3) is 11.2 Å². The molecule has 28 heavy (non-hydrogen) atoms. The second-order valence-corrected chi connectivity index (χ2v) is 6.13. The number of nitrogens with zero attached hydrogens (tertiary/aromatic N) is 2. The van der Waals surface area contributed by atoms with E-state index in [4.69, 9.17) is 4.74 Å². The van der Waals surface area contributed by atoms with E-state index < -0.39 is 10.9 Å². The van der Waals surface area contributed by atoms with Gasteiger partial charge in [0.15, 0.2) is 0 Å². The van der Waals surface area contributed by atoms with Crippen LogP contribution < -0.4 is 5.56 Å². The number of benzene rings is 2. The Morgan fingerprint density at radius 1 is 1.11 bits per heavy atom. The molecule has 0 aliphatic heterocycles. The fourth-order valence-corrected chi connectivity index (χ4v) is 3.23. The Kier molecular flexibility index (Phi) is 4.15. The van der Waals surface area contributed by atoms with E-state index in [1.165, 1.54) is 10.6 Å². The molecule has 0 aliphatic carbocycles. The molecule has 0 amide bonds. The fraction of sp³-hybridized carbons (Fsp3) is 0.100. The molecule has 4 rings (SSSR count). The number of carbonyl (C=O) groups is 1. The highest BCUT2D eigenvalue weighted by Gasteiger charge is 2.18. The molecule has 0 bridgehead atoms. The minimum absolute atomic E-state index is 0.0848. The average molecular weight is 377 g/mol. The number of hydrogen-bond donors (Lipinski definition) is 1. The van der Waals surface area contributed by atoms with Gasteiger partial charge < -0.3 is 9.72 Å². The van der Waals surface area contributed by atoms with E-state index in [-0.39, 0.29) is 23.4 Å². The predicted molar refractivity (Wildman–Crippen MR) is 104 cm³/mol. The maximum Gasteiger partial charge on any atom is 0.338 e. The van der Waals surface area contributed by atoms with Crippen LogP contribution in [0.1, 0.15) is 17.3 Å². The number of aromatic amines is 1. The van der Waals surface area contributed by atoms with Crippen molar-refractivity contribution >= 4 is 33.5 Å². The lowest BCUT2D eigenvalue weighted by Gasteiger charge is -2.07. The second kappa shape index (κ2) is 6.66. The summed E-state index contributed by atoms with van der Waals surface area (Å²) in [4.78, 5) is 38.4. The van der Waals surface area contributed by atoms with Crippen LogP contribution in [0.4, 0.5) is 5.69 Å². The summed E-state index contributed by atoms with van der Waals surface area (Å²) in [6.45, 7) is 2.01. The summed E-state index contributed by atoms with van der Waals surface area (Å²) in [6.07, 6.45) is 1.61. The number of ether oxygens (including phenoxy) is 1. The number of rotatable bonds is 4. The zero-order valence-corrected chi connectivity index (χ0v) is 14.8. The van der Waals surface area contributed by atoms with Crippen molar-refractivity contribution in [3.05, 3.63) is 80.8 Å². The first-order chi connectivity index (χ1) is 13.5. The second-order valence-electron chi connectivity index (χ2n) is 6.13. The maximum atomic E-state index is 13.0. The third kappa shape index (κ3) is 2.71. The number of para-hydroxylation sites is 1. The summed E-state index contributed by atoms with van der Waals surface area (Å²) in [5.41, 5.74) is 1.12.